The molecule has 4 rings (SSSR count). The van der Waals surface area contributed by atoms with E-state index in [9.17, 15) is 18.0 Å². The molecule has 0 spiro atoms. The maximum Gasteiger partial charge on any atom is 0.243 e. The first-order chi connectivity index (χ1) is 20.3. The Kier molecular flexibility index (Phi) is 11.6. The topological polar surface area (TPSA) is 87.2 Å². The number of ether oxygens (including phenoxy) is 1. The van der Waals surface area contributed by atoms with Gasteiger partial charge in [0, 0.05) is 44.2 Å². The van der Waals surface area contributed by atoms with Crippen LogP contribution in [-0.2, 0) is 30.9 Å². The molecule has 1 fully saturated rings. The van der Waals surface area contributed by atoms with E-state index in [1.54, 1.807) is 23.1 Å². The normalized spacial score (nSPS) is 14.2. The van der Waals surface area contributed by atoms with Crippen LogP contribution in [-0.4, -0.2) is 86.0 Å². The molecule has 0 N–H and O–H groups in total. The van der Waals surface area contributed by atoms with Crippen molar-refractivity contribution in [2.75, 3.05) is 45.6 Å². The smallest absolute Gasteiger partial charge is 0.243 e. The molecule has 42 heavy (non-hydrogen) atoms. The predicted octanol–water partition coefficient (Wildman–Crippen LogP) is 4.44. The monoisotopic (exact) mass is 609 g/mol. The standard InChI is InChI=1S/C32H39N3O5S2/c1-26-13-15-27(16-14-26)23-35(28-17-19-33(20-18-28)32(37)25-41-29-9-5-3-6-10-29)31(36)24-34(21-22-40-2)42(38,39)30-11-7-4-8-12-30/h3-16,28H,17-25H2,1-2H3. The highest BCUT2D eigenvalue weighted by Gasteiger charge is 2.33. The molecule has 3 aromatic carbocycles. The van der Waals surface area contributed by atoms with Crippen molar-refractivity contribution in [1.82, 2.24) is 14.1 Å². The molecule has 0 atom stereocenters. The lowest BCUT2D eigenvalue weighted by atomic mass is 10.0. The molecule has 224 valence electrons. The zero-order valence-corrected chi connectivity index (χ0v) is 25.9. The number of methoxy groups -OCH3 is 1. The fourth-order valence-electron chi connectivity index (χ4n) is 4.95. The Morgan fingerprint density at radius 2 is 1.55 bits per heavy atom. The second-order valence-corrected chi connectivity index (χ2v) is 13.4. The molecule has 0 saturated carbocycles. The van der Waals surface area contributed by atoms with Gasteiger partial charge < -0.3 is 14.5 Å². The Labute approximate surface area is 253 Å². The van der Waals surface area contributed by atoms with Gasteiger partial charge in [0.05, 0.1) is 23.8 Å². The van der Waals surface area contributed by atoms with Gasteiger partial charge in [-0.2, -0.15) is 4.31 Å². The summed E-state index contributed by atoms with van der Waals surface area (Å²) in [5, 5.41) is 0. The second kappa shape index (κ2) is 15.3. The lowest BCUT2D eigenvalue weighted by molar-refractivity contribution is -0.136. The van der Waals surface area contributed by atoms with Crippen molar-refractivity contribution in [1.29, 1.82) is 0 Å². The summed E-state index contributed by atoms with van der Waals surface area (Å²) in [7, 11) is -2.40. The van der Waals surface area contributed by atoms with Gasteiger partial charge in [-0.1, -0.05) is 66.2 Å². The van der Waals surface area contributed by atoms with Crippen molar-refractivity contribution in [3.8, 4) is 0 Å². The summed E-state index contributed by atoms with van der Waals surface area (Å²) in [6.45, 7) is 3.41. The van der Waals surface area contributed by atoms with Crippen LogP contribution < -0.4 is 0 Å². The Hall–Kier alpha value is -3.18. The van der Waals surface area contributed by atoms with Crippen LogP contribution in [0.15, 0.2) is 94.7 Å². The van der Waals surface area contributed by atoms with Crippen molar-refractivity contribution in [3.05, 3.63) is 96.1 Å². The SMILES string of the molecule is COCCN(CC(=O)N(Cc1ccc(C)cc1)C1CCN(C(=O)CSc2ccccc2)CC1)S(=O)(=O)c1ccccc1. The molecule has 1 saturated heterocycles. The molecule has 1 aliphatic rings. The van der Waals surface area contributed by atoms with Gasteiger partial charge in [-0.3, -0.25) is 9.59 Å². The highest BCUT2D eigenvalue weighted by molar-refractivity contribution is 8.00. The van der Waals surface area contributed by atoms with Crippen molar-refractivity contribution in [2.24, 2.45) is 0 Å². The number of nitrogens with zero attached hydrogens (tertiary/aromatic N) is 3. The van der Waals surface area contributed by atoms with Crippen molar-refractivity contribution in [2.45, 2.75) is 42.1 Å². The Bertz CT molecular complexity index is 1400. The summed E-state index contributed by atoms with van der Waals surface area (Å²) >= 11 is 1.52. The van der Waals surface area contributed by atoms with E-state index in [-0.39, 0.29) is 42.4 Å². The third kappa shape index (κ3) is 8.67. The fourth-order valence-corrected chi connectivity index (χ4v) is 7.17. The van der Waals surface area contributed by atoms with E-state index in [4.69, 9.17) is 4.74 Å². The minimum atomic E-state index is -3.91. The Morgan fingerprint density at radius 3 is 2.17 bits per heavy atom. The van der Waals surface area contributed by atoms with Gasteiger partial charge in [-0.25, -0.2) is 8.42 Å². The van der Waals surface area contributed by atoms with E-state index in [1.807, 2.05) is 66.4 Å². The number of aryl methyl sites for hydroxylation is 1. The number of likely N-dealkylation sites (tertiary alicyclic amines) is 1. The van der Waals surface area contributed by atoms with Crippen LogP contribution in [0.25, 0.3) is 0 Å². The second-order valence-electron chi connectivity index (χ2n) is 10.4. The molecular formula is C32H39N3O5S2. The zero-order valence-electron chi connectivity index (χ0n) is 24.2. The number of thioether (sulfide) groups is 1. The quantitative estimate of drug-likeness (QED) is 0.266. The summed E-state index contributed by atoms with van der Waals surface area (Å²) in [5.74, 6) is 0.181. The molecule has 1 aliphatic heterocycles. The van der Waals surface area contributed by atoms with Crippen LogP contribution in [0.1, 0.15) is 24.0 Å². The predicted molar refractivity (Wildman–Crippen MR) is 166 cm³/mol. The molecular weight excluding hydrogens is 571 g/mol. The van der Waals surface area contributed by atoms with Crippen LogP contribution in [0.2, 0.25) is 0 Å². The zero-order chi connectivity index (χ0) is 30.0. The minimum Gasteiger partial charge on any atom is -0.383 e. The number of sulfonamides is 1. The summed E-state index contributed by atoms with van der Waals surface area (Å²) < 4.78 is 33.4. The molecule has 10 heteroatoms. The first-order valence-corrected chi connectivity index (χ1v) is 16.6. The molecule has 0 bridgehead atoms. The molecule has 1 heterocycles. The highest BCUT2D eigenvalue weighted by Crippen LogP contribution is 2.24. The maximum atomic E-state index is 13.9. The van der Waals surface area contributed by atoms with Gasteiger partial charge in [0.2, 0.25) is 21.8 Å². The van der Waals surface area contributed by atoms with Crippen LogP contribution in [0.3, 0.4) is 0 Å². The number of amides is 2. The average Bonchev–Trinajstić information content (AvgIpc) is 3.02. The van der Waals surface area contributed by atoms with Gasteiger partial charge in [-0.15, -0.1) is 11.8 Å². The number of hydrogen-bond donors (Lipinski definition) is 0. The van der Waals surface area contributed by atoms with Crippen molar-refractivity contribution in [3.63, 3.8) is 0 Å². The third-order valence-corrected chi connectivity index (χ3v) is 10.3. The largest absolute Gasteiger partial charge is 0.383 e. The summed E-state index contributed by atoms with van der Waals surface area (Å²) in [6, 6.07) is 25.9. The number of rotatable bonds is 13. The van der Waals surface area contributed by atoms with Gasteiger partial charge in [0.25, 0.3) is 0 Å². The molecule has 8 nitrogen and oxygen atoms in total. The van der Waals surface area contributed by atoms with Crippen LogP contribution >= 0.6 is 11.8 Å². The molecule has 2 amide bonds. The fraction of sp³-hybridized carbons (Fsp3) is 0.375. The van der Waals surface area contributed by atoms with E-state index in [0.717, 1.165) is 16.0 Å². The number of carbonyl (C=O) groups is 2. The third-order valence-electron chi connectivity index (χ3n) is 7.39. The van der Waals surface area contributed by atoms with Crippen LogP contribution in [0.5, 0.6) is 0 Å². The highest BCUT2D eigenvalue weighted by atomic mass is 32.2. The lowest BCUT2D eigenvalue weighted by Crippen LogP contribution is -2.51. The maximum absolute atomic E-state index is 13.9. The van der Waals surface area contributed by atoms with Gasteiger partial charge >= 0.3 is 0 Å². The van der Waals surface area contributed by atoms with E-state index >= 15 is 0 Å². The van der Waals surface area contributed by atoms with Gasteiger partial charge in [0.15, 0.2) is 0 Å². The summed E-state index contributed by atoms with van der Waals surface area (Å²) in [5.41, 5.74) is 2.09. The number of hydrogen-bond acceptors (Lipinski definition) is 6. The Morgan fingerprint density at radius 1 is 0.929 bits per heavy atom. The number of benzene rings is 3. The first-order valence-electron chi connectivity index (χ1n) is 14.1. The molecule has 0 radical (unpaired) electrons. The average molecular weight is 610 g/mol. The molecule has 0 aliphatic carbocycles. The molecule has 0 aromatic heterocycles. The van der Waals surface area contributed by atoms with Crippen LogP contribution in [0.4, 0.5) is 0 Å². The number of carbonyl (C=O) groups excluding carboxylic acids is 2. The molecule has 0 unspecified atom stereocenters. The van der Waals surface area contributed by atoms with Crippen molar-refractivity contribution >= 4 is 33.6 Å². The van der Waals surface area contributed by atoms with Gasteiger partial charge in [0.1, 0.15) is 0 Å². The molecule has 3 aromatic rings. The van der Waals surface area contributed by atoms with E-state index in [2.05, 4.69) is 0 Å². The van der Waals surface area contributed by atoms with E-state index < -0.39 is 10.0 Å². The number of piperidine rings is 1. The summed E-state index contributed by atoms with van der Waals surface area (Å²) in [4.78, 5) is 31.7. The van der Waals surface area contributed by atoms with Crippen LogP contribution in [0, 0.1) is 6.92 Å². The minimum absolute atomic E-state index is 0.0594. The Balaban J connectivity index is 1.47. The van der Waals surface area contributed by atoms with Crippen molar-refractivity contribution < 1.29 is 22.7 Å². The van der Waals surface area contributed by atoms with E-state index in [1.165, 1.54) is 35.3 Å². The lowest BCUT2D eigenvalue weighted by Gasteiger charge is -2.39. The first kappa shape index (κ1) is 31.7. The van der Waals surface area contributed by atoms with Gasteiger partial charge in [-0.05, 0) is 49.6 Å². The van der Waals surface area contributed by atoms with E-state index in [0.29, 0.717) is 38.2 Å². The summed E-state index contributed by atoms with van der Waals surface area (Å²) in [6.07, 6.45) is 1.26.